The standard InChI is InChI=1S/C10H14ClN3O2/c11-8-4-3-7(6-10(8)14(15)16)9(13)2-1-5-12/h3-4,6,9H,1-2,5,12-13H2/t9-/m0/s1. The van der Waals surface area contributed by atoms with E-state index in [2.05, 4.69) is 0 Å². The minimum absolute atomic E-state index is 0.109. The molecular weight excluding hydrogens is 230 g/mol. The van der Waals surface area contributed by atoms with Crippen LogP contribution in [0.5, 0.6) is 0 Å². The van der Waals surface area contributed by atoms with Crippen LogP contribution in [0.4, 0.5) is 5.69 Å². The molecule has 0 amide bonds. The Kier molecular flexibility index (Phi) is 4.67. The van der Waals surface area contributed by atoms with Crippen molar-refractivity contribution in [3.63, 3.8) is 0 Å². The Bertz CT molecular complexity index is 384. The number of benzene rings is 1. The van der Waals surface area contributed by atoms with Crippen molar-refractivity contribution in [1.82, 2.24) is 0 Å². The normalized spacial score (nSPS) is 12.4. The van der Waals surface area contributed by atoms with E-state index in [1.165, 1.54) is 12.1 Å². The lowest BCUT2D eigenvalue weighted by atomic mass is 10.0. The number of nitro benzene ring substituents is 1. The number of nitro groups is 1. The smallest absolute Gasteiger partial charge is 0.288 e. The predicted octanol–water partition coefficient (Wildman–Crippen LogP) is 1.99. The van der Waals surface area contributed by atoms with E-state index < -0.39 is 4.92 Å². The van der Waals surface area contributed by atoms with Gasteiger partial charge >= 0.3 is 0 Å². The van der Waals surface area contributed by atoms with E-state index in [1.807, 2.05) is 0 Å². The van der Waals surface area contributed by atoms with Gasteiger partial charge in [0.15, 0.2) is 0 Å². The fourth-order valence-corrected chi connectivity index (χ4v) is 1.59. The first kappa shape index (κ1) is 12.9. The second-order valence-electron chi connectivity index (χ2n) is 3.51. The average Bonchev–Trinajstić information content (AvgIpc) is 2.26. The first-order chi connectivity index (χ1) is 7.56. The minimum atomic E-state index is -0.512. The molecule has 1 rings (SSSR count). The Balaban J connectivity index is 2.89. The summed E-state index contributed by atoms with van der Waals surface area (Å²) in [6, 6.07) is 4.39. The SMILES string of the molecule is NCCC[C@H](N)c1ccc(Cl)c([N+](=O)[O-])c1. The third-order valence-electron chi connectivity index (χ3n) is 2.31. The Morgan fingerprint density at radius 2 is 2.19 bits per heavy atom. The summed E-state index contributed by atoms with van der Waals surface area (Å²) in [5, 5.41) is 10.8. The molecule has 0 saturated heterocycles. The summed E-state index contributed by atoms with van der Waals surface area (Å²) in [6.07, 6.45) is 1.49. The summed E-state index contributed by atoms with van der Waals surface area (Å²) in [4.78, 5) is 10.2. The fraction of sp³-hybridized carbons (Fsp3) is 0.400. The van der Waals surface area contributed by atoms with Gasteiger partial charge in [0.25, 0.3) is 5.69 Å². The molecule has 0 aliphatic rings. The molecule has 0 unspecified atom stereocenters. The molecular formula is C10H14ClN3O2. The topological polar surface area (TPSA) is 95.2 Å². The van der Waals surface area contributed by atoms with Gasteiger partial charge in [0, 0.05) is 12.1 Å². The van der Waals surface area contributed by atoms with Crippen LogP contribution in [-0.4, -0.2) is 11.5 Å². The third kappa shape index (κ3) is 3.16. The maximum absolute atomic E-state index is 10.7. The number of halogens is 1. The number of rotatable bonds is 5. The summed E-state index contributed by atoms with van der Waals surface area (Å²) in [5.41, 5.74) is 11.9. The predicted molar refractivity (Wildman–Crippen MR) is 63.3 cm³/mol. The van der Waals surface area contributed by atoms with Crippen molar-refractivity contribution in [3.05, 3.63) is 38.9 Å². The van der Waals surface area contributed by atoms with Crippen molar-refractivity contribution in [2.24, 2.45) is 11.5 Å². The highest BCUT2D eigenvalue weighted by Crippen LogP contribution is 2.28. The highest BCUT2D eigenvalue weighted by Gasteiger charge is 2.15. The first-order valence-electron chi connectivity index (χ1n) is 4.95. The van der Waals surface area contributed by atoms with E-state index in [0.29, 0.717) is 18.5 Å². The van der Waals surface area contributed by atoms with E-state index in [0.717, 1.165) is 6.42 Å². The maximum Gasteiger partial charge on any atom is 0.288 e. The van der Waals surface area contributed by atoms with Crippen molar-refractivity contribution >= 4 is 17.3 Å². The lowest BCUT2D eigenvalue weighted by Crippen LogP contribution is -2.12. The number of hydrogen-bond donors (Lipinski definition) is 2. The van der Waals surface area contributed by atoms with Crippen LogP contribution in [-0.2, 0) is 0 Å². The molecule has 0 saturated carbocycles. The monoisotopic (exact) mass is 243 g/mol. The lowest BCUT2D eigenvalue weighted by molar-refractivity contribution is -0.384. The van der Waals surface area contributed by atoms with E-state index in [1.54, 1.807) is 6.07 Å². The Hall–Kier alpha value is -1.17. The number of nitrogens with zero attached hydrogens (tertiary/aromatic N) is 1. The molecule has 0 aromatic heterocycles. The van der Waals surface area contributed by atoms with Gasteiger partial charge in [-0.3, -0.25) is 10.1 Å². The van der Waals surface area contributed by atoms with Gasteiger partial charge in [-0.15, -0.1) is 0 Å². The zero-order valence-corrected chi connectivity index (χ0v) is 9.48. The zero-order chi connectivity index (χ0) is 12.1. The van der Waals surface area contributed by atoms with Crippen molar-refractivity contribution < 1.29 is 4.92 Å². The third-order valence-corrected chi connectivity index (χ3v) is 2.63. The van der Waals surface area contributed by atoms with Crippen LogP contribution in [0.25, 0.3) is 0 Å². The largest absolute Gasteiger partial charge is 0.330 e. The Labute approximate surface area is 98.5 Å². The second kappa shape index (κ2) is 5.79. The molecule has 1 aromatic carbocycles. The summed E-state index contributed by atoms with van der Waals surface area (Å²) in [5.74, 6) is 0. The Morgan fingerprint density at radius 1 is 1.50 bits per heavy atom. The van der Waals surface area contributed by atoms with Gasteiger partial charge < -0.3 is 11.5 Å². The van der Waals surface area contributed by atoms with Gasteiger partial charge in [-0.05, 0) is 31.0 Å². The summed E-state index contributed by atoms with van der Waals surface area (Å²) in [7, 11) is 0. The molecule has 0 radical (unpaired) electrons. The quantitative estimate of drug-likeness (QED) is 0.611. The minimum Gasteiger partial charge on any atom is -0.330 e. The molecule has 0 fully saturated rings. The van der Waals surface area contributed by atoms with Crippen LogP contribution in [0.3, 0.4) is 0 Å². The molecule has 0 spiro atoms. The van der Waals surface area contributed by atoms with Crippen LogP contribution in [0, 0.1) is 10.1 Å². The molecule has 0 heterocycles. The number of nitrogens with two attached hydrogens (primary N) is 2. The molecule has 0 aliphatic heterocycles. The maximum atomic E-state index is 10.7. The van der Waals surface area contributed by atoms with E-state index >= 15 is 0 Å². The first-order valence-corrected chi connectivity index (χ1v) is 5.33. The summed E-state index contributed by atoms with van der Waals surface area (Å²) < 4.78 is 0. The van der Waals surface area contributed by atoms with Gasteiger partial charge in [0.05, 0.1) is 4.92 Å². The van der Waals surface area contributed by atoms with Crippen molar-refractivity contribution in [2.75, 3.05) is 6.54 Å². The van der Waals surface area contributed by atoms with Crippen LogP contribution in [0.2, 0.25) is 5.02 Å². The number of hydrogen-bond acceptors (Lipinski definition) is 4. The van der Waals surface area contributed by atoms with Gasteiger partial charge in [-0.2, -0.15) is 0 Å². The molecule has 5 nitrogen and oxygen atoms in total. The lowest BCUT2D eigenvalue weighted by Gasteiger charge is -2.11. The van der Waals surface area contributed by atoms with Crippen molar-refractivity contribution in [2.45, 2.75) is 18.9 Å². The van der Waals surface area contributed by atoms with Crippen LogP contribution in [0.15, 0.2) is 18.2 Å². The van der Waals surface area contributed by atoms with Gasteiger partial charge in [-0.25, -0.2) is 0 Å². The molecule has 4 N–H and O–H groups in total. The van der Waals surface area contributed by atoms with Gasteiger partial charge in [0.2, 0.25) is 0 Å². The molecule has 6 heteroatoms. The summed E-state index contributed by atoms with van der Waals surface area (Å²) >= 11 is 5.70. The van der Waals surface area contributed by atoms with Gasteiger partial charge in [-0.1, -0.05) is 17.7 Å². The van der Waals surface area contributed by atoms with Gasteiger partial charge in [0.1, 0.15) is 5.02 Å². The van der Waals surface area contributed by atoms with Crippen LogP contribution < -0.4 is 11.5 Å². The van der Waals surface area contributed by atoms with E-state index in [-0.39, 0.29) is 16.8 Å². The summed E-state index contributed by atoms with van der Waals surface area (Å²) in [6.45, 7) is 0.559. The molecule has 88 valence electrons. The molecule has 1 aromatic rings. The Morgan fingerprint density at radius 3 is 2.75 bits per heavy atom. The second-order valence-corrected chi connectivity index (χ2v) is 3.91. The highest BCUT2D eigenvalue weighted by atomic mass is 35.5. The molecule has 16 heavy (non-hydrogen) atoms. The average molecular weight is 244 g/mol. The molecule has 0 aliphatic carbocycles. The van der Waals surface area contributed by atoms with E-state index in [9.17, 15) is 10.1 Å². The van der Waals surface area contributed by atoms with Crippen molar-refractivity contribution in [1.29, 1.82) is 0 Å². The molecule has 0 bridgehead atoms. The van der Waals surface area contributed by atoms with E-state index in [4.69, 9.17) is 23.1 Å². The van der Waals surface area contributed by atoms with Crippen LogP contribution >= 0.6 is 11.6 Å². The molecule has 1 atom stereocenters. The fourth-order valence-electron chi connectivity index (χ4n) is 1.40. The highest BCUT2D eigenvalue weighted by molar-refractivity contribution is 6.32. The van der Waals surface area contributed by atoms with Crippen LogP contribution in [0.1, 0.15) is 24.4 Å². The van der Waals surface area contributed by atoms with Crippen molar-refractivity contribution in [3.8, 4) is 0 Å². The zero-order valence-electron chi connectivity index (χ0n) is 8.73.